The number of halogens is 1. The van der Waals surface area contributed by atoms with Crippen molar-refractivity contribution in [1.82, 2.24) is 9.71 Å². The Balaban J connectivity index is 2.84. The van der Waals surface area contributed by atoms with Crippen LogP contribution in [0.2, 0.25) is 0 Å². The molecule has 2 unspecified atom stereocenters. The zero-order valence-electron chi connectivity index (χ0n) is 11.5. The van der Waals surface area contributed by atoms with Gasteiger partial charge in [-0.1, -0.05) is 6.92 Å². The summed E-state index contributed by atoms with van der Waals surface area (Å²) in [5.74, 6) is 0.285. The number of hydrogen-bond acceptors (Lipinski definition) is 5. The maximum absolute atomic E-state index is 12.2. The summed E-state index contributed by atoms with van der Waals surface area (Å²) < 4.78 is 38.8. The lowest BCUT2D eigenvalue weighted by Gasteiger charge is -2.12. The molecular weight excluding hydrogens is 366 g/mol. The van der Waals surface area contributed by atoms with Gasteiger partial charge in [-0.3, -0.25) is 4.21 Å². The third kappa shape index (κ3) is 4.80. The molecule has 114 valence electrons. The molecule has 0 bridgehead atoms. The molecule has 0 fully saturated rings. The van der Waals surface area contributed by atoms with E-state index in [2.05, 4.69) is 31.0 Å². The Hall–Kier alpha value is -0.510. The SMILES string of the molecule is CNc1ncc(Br)cc1S(=O)(=O)NCCC(C)S(C)=O. The first kappa shape index (κ1) is 17.5. The number of sulfonamides is 1. The Morgan fingerprint density at radius 2 is 2.15 bits per heavy atom. The van der Waals surface area contributed by atoms with Crippen LogP contribution in [0, 0.1) is 0 Å². The van der Waals surface area contributed by atoms with E-state index in [1.54, 1.807) is 13.3 Å². The van der Waals surface area contributed by atoms with Crippen LogP contribution in [0.15, 0.2) is 21.6 Å². The van der Waals surface area contributed by atoms with Gasteiger partial charge >= 0.3 is 0 Å². The van der Waals surface area contributed by atoms with Crippen LogP contribution >= 0.6 is 15.9 Å². The van der Waals surface area contributed by atoms with Gasteiger partial charge in [0.05, 0.1) is 0 Å². The van der Waals surface area contributed by atoms with E-state index in [-0.39, 0.29) is 22.5 Å². The highest BCUT2D eigenvalue weighted by Gasteiger charge is 2.20. The van der Waals surface area contributed by atoms with Crippen molar-refractivity contribution in [3.63, 3.8) is 0 Å². The molecule has 0 aromatic carbocycles. The first-order chi connectivity index (χ1) is 9.27. The minimum Gasteiger partial charge on any atom is -0.372 e. The standard InChI is InChI=1S/C11H18BrN3O3S2/c1-8(19(3)16)4-5-15-20(17,18)10-6-9(12)7-14-11(10)13-2/h6-8,15H,4-5H2,1-3H3,(H,13,14). The van der Waals surface area contributed by atoms with Crippen LogP contribution in [-0.4, -0.2) is 42.7 Å². The summed E-state index contributed by atoms with van der Waals surface area (Å²) >= 11 is 3.21. The number of aromatic nitrogens is 1. The quantitative estimate of drug-likeness (QED) is 0.740. The van der Waals surface area contributed by atoms with E-state index in [9.17, 15) is 12.6 Å². The second-order valence-corrected chi connectivity index (χ2v) is 8.70. The number of anilines is 1. The molecule has 9 heteroatoms. The van der Waals surface area contributed by atoms with Crippen molar-refractivity contribution in [2.24, 2.45) is 0 Å². The lowest BCUT2D eigenvalue weighted by molar-refractivity contribution is 0.578. The average molecular weight is 384 g/mol. The Kier molecular flexibility index (Phi) is 6.56. The first-order valence-corrected chi connectivity index (χ1v) is 9.83. The Bertz CT molecular complexity index is 593. The molecule has 20 heavy (non-hydrogen) atoms. The number of rotatable bonds is 7. The molecule has 1 aromatic rings. The predicted molar refractivity (Wildman–Crippen MR) is 84.8 cm³/mol. The molecule has 6 nitrogen and oxygen atoms in total. The van der Waals surface area contributed by atoms with Gasteiger partial charge in [-0.05, 0) is 28.4 Å². The number of hydrogen-bond donors (Lipinski definition) is 2. The van der Waals surface area contributed by atoms with Crippen LogP contribution in [0.3, 0.4) is 0 Å². The molecule has 0 spiro atoms. The zero-order valence-corrected chi connectivity index (χ0v) is 14.7. The predicted octanol–water partition coefficient (Wildman–Crippen LogP) is 1.32. The molecule has 0 saturated heterocycles. The van der Waals surface area contributed by atoms with Gasteiger partial charge in [0, 0.05) is 46.6 Å². The van der Waals surface area contributed by atoms with E-state index in [0.29, 0.717) is 10.9 Å². The average Bonchev–Trinajstić information content (AvgIpc) is 2.38. The van der Waals surface area contributed by atoms with Crippen LogP contribution in [0.25, 0.3) is 0 Å². The molecule has 2 N–H and O–H groups in total. The van der Waals surface area contributed by atoms with Gasteiger partial charge in [-0.25, -0.2) is 18.1 Å². The topological polar surface area (TPSA) is 88.2 Å². The summed E-state index contributed by atoms with van der Waals surface area (Å²) in [6.45, 7) is 2.06. The normalized spacial score (nSPS) is 14.8. The fourth-order valence-corrected chi connectivity index (χ4v) is 3.62. The van der Waals surface area contributed by atoms with Gasteiger partial charge in [-0.2, -0.15) is 0 Å². The molecule has 0 aliphatic rings. The zero-order chi connectivity index (χ0) is 15.3. The molecule has 0 saturated carbocycles. The molecule has 0 aliphatic carbocycles. The molecule has 2 atom stereocenters. The van der Waals surface area contributed by atoms with Gasteiger partial charge in [-0.15, -0.1) is 0 Å². The highest BCUT2D eigenvalue weighted by molar-refractivity contribution is 9.10. The minimum absolute atomic E-state index is 0.0536. The largest absolute Gasteiger partial charge is 0.372 e. The Morgan fingerprint density at radius 3 is 2.70 bits per heavy atom. The monoisotopic (exact) mass is 383 g/mol. The lowest BCUT2D eigenvalue weighted by atomic mass is 10.3. The fraction of sp³-hybridized carbons (Fsp3) is 0.545. The number of nitrogens with zero attached hydrogens (tertiary/aromatic N) is 1. The van der Waals surface area contributed by atoms with Crippen molar-refractivity contribution in [1.29, 1.82) is 0 Å². The van der Waals surface area contributed by atoms with E-state index in [1.165, 1.54) is 12.3 Å². The van der Waals surface area contributed by atoms with Gasteiger partial charge in [0.15, 0.2) is 0 Å². The summed E-state index contributed by atoms with van der Waals surface area (Å²) in [6.07, 6.45) is 3.64. The van der Waals surface area contributed by atoms with Crippen LogP contribution in [0.5, 0.6) is 0 Å². The summed E-state index contributed by atoms with van der Waals surface area (Å²) in [5.41, 5.74) is 0. The van der Waals surface area contributed by atoms with Crippen LogP contribution in [-0.2, 0) is 20.8 Å². The van der Waals surface area contributed by atoms with Crippen molar-refractivity contribution in [2.75, 3.05) is 25.2 Å². The second-order valence-electron chi connectivity index (χ2n) is 4.25. The molecule has 1 heterocycles. The Morgan fingerprint density at radius 1 is 1.50 bits per heavy atom. The first-order valence-electron chi connectivity index (χ1n) is 5.93. The van der Waals surface area contributed by atoms with Crippen molar-refractivity contribution in [3.05, 3.63) is 16.7 Å². The summed E-state index contributed by atoms with van der Waals surface area (Å²) in [4.78, 5) is 4.09. The van der Waals surface area contributed by atoms with E-state index in [0.717, 1.165) is 0 Å². The molecule has 1 rings (SSSR count). The van der Waals surface area contributed by atoms with Gasteiger partial charge in [0.2, 0.25) is 10.0 Å². The molecule has 0 amide bonds. The second kappa shape index (κ2) is 7.48. The van der Waals surface area contributed by atoms with Crippen molar-refractivity contribution in [2.45, 2.75) is 23.5 Å². The summed E-state index contributed by atoms with van der Waals surface area (Å²) in [7, 11) is -3.00. The van der Waals surface area contributed by atoms with Crippen LogP contribution < -0.4 is 10.0 Å². The van der Waals surface area contributed by atoms with Crippen LogP contribution in [0.4, 0.5) is 5.82 Å². The molecule has 0 aliphatic heterocycles. The van der Waals surface area contributed by atoms with Gasteiger partial charge in [0.25, 0.3) is 0 Å². The summed E-state index contributed by atoms with van der Waals surface area (Å²) in [5, 5.41) is 2.69. The van der Waals surface area contributed by atoms with Gasteiger partial charge < -0.3 is 5.32 Å². The Labute approximate surface area is 130 Å². The third-order valence-corrected chi connectivity index (χ3v) is 6.03. The molecule has 1 aromatic heterocycles. The third-order valence-electron chi connectivity index (χ3n) is 2.76. The smallest absolute Gasteiger partial charge is 0.244 e. The lowest BCUT2D eigenvalue weighted by Crippen LogP contribution is -2.28. The van der Waals surface area contributed by atoms with E-state index in [1.807, 2.05) is 6.92 Å². The summed E-state index contributed by atoms with van der Waals surface area (Å²) in [6, 6.07) is 1.49. The highest BCUT2D eigenvalue weighted by Crippen LogP contribution is 2.22. The molecular formula is C11H18BrN3O3S2. The fourth-order valence-electron chi connectivity index (χ4n) is 1.45. The van der Waals surface area contributed by atoms with Gasteiger partial charge in [0.1, 0.15) is 10.7 Å². The maximum Gasteiger partial charge on any atom is 0.244 e. The van der Waals surface area contributed by atoms with E-state index >= 15 is 0 Å². The number of nitrogens with one attached hydrogen (secondary N) is 2. The number of pyridine rings is 1. The van der Waals surface area contributed by atoms with E-state index in [4.69, 9.17) is 0 Å². The van der Waals surface area contributed by atoms with Crippen molar-refractivity contribution >= 4 is 42.6 Å². The highest BCUT2D eigenvalue weighted by atomic mass is 79.9. The van der Waals surface area contributed by atoms with Crippen molar-refractivity contribution < 1.29 is 12.6 Å². The molecule has 0 radical (unpaired) electrons. The van der Waals surface area contributed by atoms with Crippen LogP contribution in [0.1, 0.15) is 13.3 Å². The maximum atomic E-state index is 12.2. The van der Waals surface area contributed by atoms with E-state index < -0.39 is 20.8 Å². The van der Waals surface area contributed by atoms with Crippen molar-refractivity contribution in [3.8, 4) is 0 Å². The minimum atomic E-state index is -3.65.